The van der Waals surface area contributed by atoms with Crippen molar-refractivity contribution in [2.75, 3.05) is 24.6 Å². The van der Waals surface area contributed by atoms with Gasteiger partial charge in [0.15, 0.2) is 5.82 Å². The van der Waals surface area contributed by atoms with Crippen molar-refractivity contribution >= 4 is 23.0 Å². The predicted octanol–water partition coefficient (Wildman–Crippen LogP) is 1.12. The van der Waals surface area contributed by atoms with E-state index in [-0.39, 0.29) is 6.10 Å². The van der Waals surface area contributed by atoms with E-state index in [1.54, 1.807) is 6.20 Å². The highest BCUT2D eigenvalue weighted by atomic mass is 32.1. The van der Waals surface area contributed by atoms with E-state index in [1.165, 1.54) is 0 Å². The van der Waals surface area contributed by atoms with Crippen molar-refractivity contribution in [1.29, 1.82) is 0 Å². The van der Waals surface area contributed by atoms with E-state index in [0.717, 1.165) is 43.9 Å². The first-order chi connectivity index (χ1) is 8.72. The summed E-state index contributed by atoms with van der Waals surface area (Å²) in [5, 5.41) is 8.09. The van der Waals surface area contributed by atoms with Gasteiger partial charge in [-0.05, 0) is 25.8 Å². The highest BCUT2D eigenvalue weighted by Crippen LogP contribution is 2.20. The largest absolute Gasteiger partial charge is 0.389 e. The summed E-state index contributed by atoms with van der Waals surface area (Å²) >= 11 is 5.05. The normalized spacial score (nSPS) is 18.8. The summed E-state index contributed by atoms with van der Waals surface area (Å²) in [7, 11) is 0. The van der Waals surface area contributed by atoms with Gasteiger partial charge in [0.1, 0.15) is 4.99 Å². The highest BCUT2D eigenvalue weighted by Gasteiger charge is 2.21. The minimum absolute atomic E-state index is 0.270. The van der Waals surface area contributed by atoms with Crippen LogP contribution in [-0.4, -0.2) is 41.0 Å². The SMILES string of the molecule is CCN(CC1CCCO1)c1nnccc1C(N)=S. The second-order valence-corrected chi connectivity index (χ2v) is 4.75. The maximum Gasteiger partial charge on any atom is 0.161 e. The van der Waals surface area contributed by atoms with Crippen LogP contribution in [0.25, 0.3) is 0 Å². The first-order valence-corrected chi connectivity index (χ1v) is 6.61. The topological polar surface area (TPSA) is 64.3 Å². The first-order valence-electron chi connectivity index (χ1n) is 6.20. The number of nitrogens with two attached hydrogens (primary N) is 1. The molecule has 0 spiro atoms. The molecule has 2 rings (SSSR count). The van der Waals surface area contributed by atoms with Gasteiger partial charge in [0.2, 0.25) is 0 Å². The van der Waals surface area contributed by atoms with Crippen LogP contribution in [0.15, 0.2) is 12.3 Å². The monoisotopic (exact) mass is 266 g/mol. The molecule has 1 atom stereocenters. The lowest BCUT2D eigenvalue weighted by atomic mass is 10.2. The third kappa shape index (κ3) is 2.94. The molecule has 2 heterocycles. The molecule has 0 saturated carbocycles. The number of thiocarbonyl (C=S) groups is 1. The second-order valence-electron chi connectivity index (χ2n) is 4.31. The van der Waals surface area contributed by atoms with Crippen LogP contribution in [0.2, 0.25) is 0 Å². The van der Waals surface area contributed by atoms with E-state index < -0.39 is 0 Å². The lowest BCUT2D eigenvalue weighted by Crippen LogP contribution is -2.34. The molecular weight excluding hydrogens is 248 g/mol. The van der Waals surface area contributed by atoms with E-state index in [0.29, 0.717) is 4.99 Å². The molecule has 0 aliphatic carbocycles. The number of rotatable bonds is 5. The standard InChI is InChI=1S/C12H18N4OS/c1-2-16(8-9-4-3-7-17-9)12-10(11(13)18)5-6-14-15-12/h5-6,9H,2-4,7-8H2,1H3,(H2,13,18). The Morgan fingerprint density at radius 3 is 3.11 bits per heavy atom. The van der Waals surface area contributed by atoms with E-state index in [2.05, 4.69) is 22.0 Å². The Morgan fingerprint density at radius 2 is 2.50 bits per heavy atom. The summed E-state index contributed by atoms with van der Waals surface area (Å²) in [6.45, 7) is 4.57. The Bertz CT molecular complexity index is 420. The third-order valence-corrected chi connectivity index (χ3v) is 3.32. The van der Waals surface area contributed by atoms with Crippen molar-refractivity contribution < 1.29 is 4.74 Å². The van der Waals surface area contributed by atoms with Gasteiger partial charge in [-0.15, -0.1) is 5.10 Å². The van der Waals surface area contributed by atoms with Crippen LogP contribution in [0.3, 0.4) is 0 Å². The zero-order valence-electron chi connectivity index (χ0n) is 10.5. The number of anilines is 1. The zero-order chi connectivity index (χ0) is 13.0. The first kappa shape index (κ1) is 13.2. The fraction of sp³-hybridized carbons (Fsp3) is 0.583. The highest BCUT2D eigenvalue weighted by molar-refractivity contribution is 7.80. The van der Waals surface area contributed by atoms with Gasteiger partial charge >= 0.3 is 0 Å². The van der Waals surface area contributed by atoms with Crippen molar-refractivity contribution in [2.24, 2.45) is 5.73 Å². The Labute approximate surface area is 112 Å². The van der Waals surface area contributed by atoms with Crippen LogP contribution in [0.4, 0.5) is 5.82 Å². The summed E-state index contributed by atoms with van der Waals surface area (Å²) in [6, 6.07) is 1.81. The number of ether oxygens (including phenoxy) is 1. The van der Waals surface area contributed by atoms with E-state index in [9.17, 15) is 0 Å². The van der Waals surface area contributed by atoms with Crippen LogP contribution in [0, 0.1) is 0 Å². The van der Waals surface area contributed by atoms with Crippen molar-refractivity contribution in [2.45, 2.75) is 25.9 Å². The quantitative estimate of drug-likeness (QED) is 0.806. The average Bonchev–Trinajstić information content (AvgIpc) is 2.88. The third-order valence-electron chi connectivity index (χ3n) is 3.10. The Morgan fingerprint density at radius 1 is 1.67 bits per heavy atom. The lowest BCUT2D eigenvalue weighted by Gasteiger charge is -2.26. The predicted molar refractivity (Wildman–Crippen MR) is 74.8 cm³/mol. The van der Waals surface area contributed by atoms with Crippen LogP contribution in [-0.2, 0) is 4.74 Å². The van der Waals surface area contributed by atoms with Crippen LogP contribution < -0.4 is 10.6 Å². The van der Waals surface area contributed by atoms with E-state index in [4.69, 9.17) is 22.7 Å². The molecule has 1 aliphatic heterocycles. The van der Waals surface area contributed by atoms with E-state index >= 15 is 0 Å². The van der Waals surface area contributed by atoms with Gasteiger partial charge in [-0.3, -0.25) is 0 Å². The average molecular weight is 266 g/mol. The van der Waals surface area contributed by atoms with Gasteiger partial charge in [0.25, 0.3) is 0 Å². The van der Waals surface area contributed by atoms with Crippen LogP contribution >= 0.6 is 12.2 Å². The van der Waals surface area contributed by atoms with Gasteiger partial charge in [-0.1, -0.05) is 12.2 Å². The Hall–Kier alpha value is -1.27. The molecule has 98 valence electrons. The number of likely N-dealkylation sites (N-methyl/N-ethyl adjacent to an activating group) is 1. The molecule has 0 radical (unpaired) electrons. The number of hydrogen-bond donors (Lipinski definition) is 1. The molecule has 0 aromatic carbocycles. The summed E-state index contributed by atoms with van der Waals surface area (Å²) in [6.07, 6.45) is 4.10. The van der Waals surface area contributed by atoms with E-state index in [1.807, 2.05) is 6.07 Å². The summed E-state index contributed by atoms with van der Waals surface area (Å²) in [5.74, 6) is 0.753. The molecule has 1 fully saturated rings. The minimum Gasteiger partial charge on any atom is -0.389 e. The maximum absolute atomic E-state index is 5.72. The molecule has 0 amide bonds. The summed E-state index contributed by atoms with van der Waals surface area (Å²) < 4.78 is 5.65. The number of nitrogens with zero attached hydrogens (tertiary/aromatic N) is 3. The molecule has 2 N–H and O–H groups in total. The molecule has 1 aliphatic rings. The van der Waals surface area contributed by atoms with Crippen molar-refractivity contribution in [3.05, 3.63) is 17.8 Å². The fourth-order valence-corrected chi connectivity index (χ4v) is 2.31. The molecule has 18 heavy (non-hydrogen) atoms. The van der Waals surface area contributed by atoms with Gasteiger partial charge in [-0.2, -0.15) is 5.10 Å². The van der Waals surface area contributed by atoms with Crippen molar-refractivity contribution in [1.82, 2.24) is 10.2 Å². The molecule has 5 nitrogen and oxygen atoms in total. The van der Waals surface area contributed by atoms with Crippen LogP contribution in [0.5, 0.6) is 0 Å². The smallest absolute Gasteiger partial charge is 0.161 e. The Balaban J connectivity index is 2.18. The van der Waals surface area contributed by atoms with Crippen LogP contribution in [0.1, 0.15) is 25.3 Å². The summed E-state index contributed by atoms with van der Waals surface area (Å²) in [4.78, 5) is 2.47. The summed E-state index contributed by atoms with van der Waals surface area (Å²) in [5.41, 5.74) is 6.50. The molecule has 1 saturated heterocycles. The minimum atomic E-state index is 0.270. The molecule has 6 heteroatoms. The van der Waals surface area contributed by atoms with Crippen molar-refractivity contribution in [3.8, 4) is 0 Å². The molecule has 1 unspecified atom stereocenters. The fourth-order valence-electron chi connectivity index (χ4n) is 2.15. The number of aromatic nitrogens is 2. The Kier molecular flexibility index (Phi) is 4.43. The molecule has 0 bridgehead atoms. The van der Waals surface area contributed by atoms with Gasteiger partial charge in [0, 0.05) is 19.7 Å². The molecule has 1 aromatic heterocycles. The van der Waals surface area contributed by atoms with Gasteiger partial charge < -0.3 is 15.4 Å². The number of hydrogen-bond acceptors (Lipinski definition) is 5. The second kappa shape index (κ2) is 6.06. The van der Waals surface area contributed by atoms with Gasteiger partial charge in [0.05, 0.1) is 17.9 Å². The molecule has 1 aromatic rings. The van der Waals surface area contributed by atoms with Crippen molar-refractivity contribution in [3.63, 3.8) is 0 Å². The lowest BCUT2D eigenvalue weighted by molar-refractivity contribution is 0.115. The maximum atomic E-state index is 5.72. The van der Waals surface area contributed by atoms with Gasteiger partial charge in [-0.25, -0.2) is 0 Å². The molecular formula is C12H18N4OS. The zero-order valence-corrected chi connectivity index (χ0v) is 11.3.